The van der Waals surface area contributed by atoms with E-state index in [2.05, 4.69) is 39.9 Å². The molecule has 1 atom stereocenters. The van der Waals surface area contributed by atoms with E-state index in [0.717, 1.165) is 30.5 Å². The van der Waals surface area contributed by atoms with Gasteiger partial charge in [-0.05, 0) is 12.3 Å². The number of alkyl halides is 1. The summed E-state index contributed by atoms with van der Waals surface area (Å²) >= 11 is 3.53. The zero-order valence-corrected chi connectivity index (χ0v) is 10.5. The van der Waals surface area contributed by atoms with Crippen molar-refractivity contribution in [3.63, 3.8) is 0 Å². The van der Waals surface area contributed by atoms with Gasteiger partial charge in [-0.2, -0.15) is 5.10 Å². The summed E-state index contributed by atoms with van der Waals surface area (Å²) in [7, 11) is 0. The first-order valence-corrected chi connectivity index (χ1v) is 6.36. The van der Waals surface area contributed by atoms with Gasteiger partial charge in [-0.3, -0.25) is 4.68 Å². The Kier molecular flexibility index (Phi) is 5.15. The molecular formula is C10H18BrN3. The van der Waals surface area contributed by atoms with Crippen molar-refractivity contribution in [3.8, 4) is 0 Å². The molecule has 0 bridgehead atoms. The Balaban J connectivity index is 2.60. The molecule has 0 saturated carbocycles. The Labute approximate surface area is 94.0 Å². The Morgan fingerprint density at radius 2 is 2.29 bits per heavy atom. The van der Waals surface area contributed by atoms with Crippen molar-refractivity contribution in [3.05, 3.63) is 12.2 Å². The summed E-state index contributed by atoms with van der Waals surface area (Å²) in [5, 5.41) is 5.26. The van der Waals surface area contributed by atoms with Crippen molar-refractivity contribution in [2.24, 2.45) is 5.92 Å². The van der Waals surface area contributed by atoms with Gasteiger partial charge in [0.15, 0.2) is 0 Å². The zero-order valence-electron chi connectivity index (χ0n) is 8.91. The summed E-state index contributed by atoms with van der Waals surface area (Å²) < 4.78 is 2.02. The predicted molar refractivity (Wildman–Crippen MR) is 61.6 cm³/mol. The minimum atomic E-state index is 0.676. The van der Waals surface area contributed by atoms with Crippen LogP contribution in [0.25, 0.3) is 0 Å². The van der Waals surface area contributed by atoms with E-state index < -0.39 is 0 Å². The first-order chi connectivity index (χ1) is 6.81. The molecule has 0 amide bonds. The van der Waals surface area contributed by atoms with Crippen LogP contribution in [0.15, 0.2) is 6.33 Å². The molecule has 0 radical (unpaired) electrons. The quantitative estimate of drug-likeness (QED) is 0.736. The highest BCUT2D eigenvalue weighted by Gasteiger charge is 2.10. The predicted octanol–water partition coefficient (Wildman–Crippen LogP) is 2.65. The maximum absolute atomic E-state index is 4.30. The lowest BCUT2D eigenvalue weighted by Crippen LogP contribution is -2.12. The Hall–Kier alpha value is -0.380. The molecule has 3 nitrogen and oxygen atoms in total. The maximum atomic E-state index is 4.30. The van der Waals surface area contributed by atoms with E-state index >= 15 is 0 Å². The van der Waals surface area contributed by atoms with Crippen LogP contribution in [0.2, 0.25) is 0 Å². The molecule has 0 N–H and O–H groups in total. The van der Waals surface area contributed by atoms with Gasteiger partial charge in [0.2, 0.25) is 0 Å². The summed E-state index contributed by atoms with van der Waals surface area (Å²) in [5.74, 6) is 1.80. The molecule has 1 aromatic rings. The first kappa shape index (κ1) is 11.7. The molecule has 80 valence electrons. The summed E-state index contributed by atoms with van der Waals surface area (Å²) in [6.07, 6.45) is 4.99. The van der Waals surface area contributed by atoms with Crippen LogP contribution in [0.1, 0.15) is 32.5 Å². The second kappa shape index (κ2) is 6.17. The Bertz CT molecular complexity index is 256. The molecule has 1 rings (SSSR count). The average Bonchev–Trinajstić information content (AvgIpc) is 2.62. The molecule has 0 aliphatic rings. The van der Waals surface area contributed by atoms with Gasteiger partial charge < -0.3 is 0 Å². The average molecular weight is 260 g/mol. The van der Waals surface area contributed by atoms with Crippen LogP contribution < -0.4 is 0 Å². The van der Waals surface area contributed by atoms with E-state index in [0.29, 0.717) is 5.92 Å². The number of nitrogens with zero attached hydrogens (tertiary/aromatic N) is 3. The van der Waals surface area contributed by atoms with Crippen molar-refractivity contribution in [2.45, 2.75) is 39.7 Å². The van der Waals surface area contributed by atoms with E-state index in [-0.39, 0.29) is 0 Å². The largest absolute Gasteiger partial charge is 0.250 e. The number of hydrogen-bond acceptors (Lipinski definition) is 2. The highest BCUT2D eigenvalue weighted by Crippen LogP contribution is 2.12. The second-order valence-electron chi connectivity index (χ2n) is 3.53. The SMILES string of the molecule is CCCn1ncnc1CC(CC)CBr. The van der Waals surface area contributed by atoms with Crippen molar-refractivity contribution >= 4 is 15.9 Å². The van der Waals surface area contributed by atoms with Gasteiger partial charge in [0.05, 0.1) is 0 Å². The smallest absolute Gasteiger partial charge is 0.138 e. The molecule has 0 spiro atoms. The topological polar surface area (TPSA) is 30.7 Å². The third-order valence-corrected chi connectivity index (χ3v) is 3.31. The lowest BCUT2D eigenvalue weighted by Gasteiger charge is -2.11. The molecule has 0 aliphatic heterocycles. The summed E-state index contributed by atoms with van der Waals surface area (Å²) in [6, 6.07) is 0. The molecule has 1 unspecified atom stereocenters. The second-order valence-corrected chi connectivity index (χ2v) is 4.18. The van der Waals surface area contributed by atoms with Gasteiger partial charge in [-0.1, -0.05) is 36.2 Å². The minimum Gasteiger partial charge on any atom is -0.250 e. The lowest BCUT2D eigenvalue weighted by molar-refractivity contribution is 0.504. The fraction of sp³-hybridized carbons (Fsp3) is 0.800. The maximum Gasteiger partial charge on any atom is 0.138 e. The van der Waals surface area contributed by atoms with E-state index in [4.69, 9.17) is 0 Å². The van der Waals surface area contributed by atoms with Crippen LogP contribution in [0.5, 0.6) is 0 Å². The lowest BCUT2D eigenvalue weighted by atomic mass is 10.1. The molecular weight excluding hydrogens is 242 g/mol. The van der Waals surface area contributed by atoms with Crippen LogP contribution in [-0.2, 0) is 13.0 Å². The zero-order chi connectivity index (χ0) is 10.4. The van der Waals surface area contributed by atoms with Crippen LogP contribution in [0.4, 0.5) is 0 Å². The van der Waals surface area contributed by atoms with Gasteiger partial charge in [-0.25, -0.2) is 4.98 Å². The van der Waals surface area contributed by atoms with Crippen LogP contribution in [0, 0.1) is 5.92 Å². The van der Waals surface area contributed by atoms with Gasteiger partial charge in [0, 0.05) is 18.3 Å². The highest BCUT2D eigenvalue weighted by molar-refractivity contribution is 9.09. The normalized spacial score (nSPS) is 13.1. The fourth-order valence-corrected chi connectivity index (χ4v) is 2.10. The van der Waals surface area contributed by atoms with Crippen molar-refractivity contribution in [1.29, 1.82) is 0 Å². The number of hydrogen-bond donors (Lipinski definition) is 0. The number of aryl methyl sites for hydroxylation is 1. The van der Waals surface area contributed by atoms with Crippen molar-refractivity contribution < 1.29 is 0 Å². The summed E-state index contributed by atoms with van der Waals surface area (Å²) in [5.41, 5.74) is 0. The molecule has 1 aromatic heterocycles. The molecule has 1 heterocycles. The Morgan fingerprint density at radius 3 is 2.86 bits per heavy atom. The molecule has 0 aromatic carbocycles. The standard InChI is InChI=1S/C10H18BrN3/c1-3-5-14-10(12-8-13-14)6-9(4-2)7-11/h8-9H,3-7H2,1-2H3. The number of halogens is 1. The fourth-order valence-electron chi connectivity index (χ4n) is 1.41. The minimum absolute atomic E-state index is 0.676. The van der Waals surface area contributed by atoms with Crippen molar-refractivity contribution in [1.82, 2.24) is 14.8 Å². The third kappa shape index (κ3) is 3.08. The van der Waals surface area contributed by atoms with Crippen molar-refractivity contribution in [2.75, 3.05) is 5.33 Å². The summed E-state index contributed by atoms with van der Waals surface area (Å²) in [6.45, 7) is 5.35. The van der Waals surface area contributed by atoms with E-state index in [9.17, 15) is 0 Å². The van der Waals surface area contributed by atoms with E-state index in [1.165, 1.54) is 6.42 Å². The Morgan fingerprint density at radius 1 is 1.50 bits per heavy atom. The molecule has 0 aliphatic carbocycles. The van der Waals surface area contributed by atoms with Crippen LogP contribution in [0.3, 0.4) is 0 Å². The number of rotatable bonds is 6. The van der Waals surface area contributed by atoms with Gasteiger partial charge in [0.25, 0.3) is 0 Å². The van der Waals surface area contributed by atoms with Crippen LogP contribution >= 0.6 is 15.9 Å². The first-order valence-electron chi connectivity index (χ1n) is 5.24. The highest BCUT2D eigenvalue weighted by atomic mass is 79.9. The van der Waals surface area contributed by atoms with E-state index in [1.807, 2.05) is 4.68 Å². The summed E-state index contributed by atoms with van der Waals surface area (Å²) in [4.78, 5) is 4.30. The molecule has 14 heavy (non-hydrogen) atoms. The van der Waals surface area contributed by atoms with Gasteiger partial charge >= 0.3 is 0 Å². The number of aromatic nitrogens is 3. The van der Waals surface area contributed by atoms with Gasteiger partial charge in [-0.15, -0.1) is 0 Å². The third-order valence-electron chi connectivity index (χ3n) is 2.40. The van der Waals surface area contributed by atoms with E-state index in [1.54, 1.807) is 6.33 Å². The van der Waals surface area contributed by atoms with Crippen LogP contribution in [-0.4, -0.2) is 20.1 Å². The molecule has 0 fully saturated rings. The monoisotopic (exact) mass is 259 g/mol. The molecule has 4 heteroatoms. The van der Waals surface area contributed by atoms with Gasteiger partial charge in [0.1, 0.15) is 12.2 Å². The molecule has 0 saturated heterocycles.